The van der Waals surface area contributed by atoms with Crippen molar-refractivity contribution in [2.24, 2.45) is 11.5 Å². The van der Waals surface area contributed by atoms with Gasteiger partial charge in [-0.2, -0.15) is 0 Å². The quantitative estimate of drug-likeness (QED) is 0.137. The molecule has 0 fully saturated rings. The van der Waals surface area contributed by atoms with Crippen LogP contribution in [0.15, 0.2) is 48.5 Å². The molecule has 2 atom stereocenters. The Hall–Kier alpha value is -4.00. The number of aromatic hydroxyl groups is 2. The highest BCUT2D eigenvalue weighted by molar-refractivity contribution is 5.59. The minimum absolute atomic E-state index is 0.171. The molecule has 5 rings (SSSR count). The molecule has 0 radical (unpaired) electrons. The maximum Gasteiger partial charge on any atom is 0.126 e. The molecule has 56 heavy (non-hydrogen) atoms. The molecular weight excluding hydrogens is 693 g/mol. The van der Waals surface area contributed by atoms with Gasteiger partial charge in [0.15, 0.2) is 0 Å². The molecule has 1 aliphatic rings. The second-order valence-electron chi connectivity index (χ2n) is 20.8. The second-order valence-corrected chi connectivity index (χ2v) is 20.8. The minimum Gasteiger partial charge on any atom is -0.507 e. The van der Waals surface area contributed by atoms with Gasteiger partial charge in [0.1, 0.15) is 36.2 Å². The lowest BCUT2D eigenvalue weighted by molar-refractivity contribution is 0.290. The number of hydrogen-bond acceptors (Lipinski definition) is 6. The number of fused-ring (bicyclic) bond motifs is 8. The Balaban J connectivity index is 1.95. The Morgan fingerprint density at radius 1 is 0.429 bits per heavy atom. The van der Waals surface area contributed by atoms with Gasteiger partial charge in [-0.1, -0.05) is 132 Å². The van der Waals surface area contributed by atoms with E-state index in [2.05, 4.69) is 132 Å². The van der Waals surface area contributed by atoms with E-state index in [9.17, 15) is 10.2 Å². The van der Waals surface area contributed by atoms with E-state index in [1.165, 1.54) is 0 Å². The number of rotatable bonds is 6. The maximum atomic E-state index is 12.4. The van der Waals surface area contributed by atoms with Gasteiger partial charge in [-0.3, -0.25) is 0 Å². The molecule has 0 saturated heterocycles. The molecule has 6 nitrogen and oxygen atoms in total. The summed E-state index contributed by atoms with van der Waals surface area (Å²) < 4.78 is 13.4. The van der Waals surface area contributed by atoms with Gasteiger partial charge in [0, 0.05) is 37.8 Å². The largest absolute Gasteiger partial charge is 0.507 e. The van der Waals surface area contributed by atoms with Crippen LogP contribution in [0, 0.1) is 0 Å². The summed E-state index contributed by atoms with van der Waals surface area (Å²) in [7, 11) is 0. The Kier molecular flexibility index (Phi) is 12.1. The highest BCUT2D eigenvalue weighted by Crippen LogP contribution is 2.43. The Bertz CT molecular complexity index is 1820. The molecule has 6 heteroatoms. The van der Waals surface area contributed by atoms with E-state index in [1.54, 1.807) is 0 Å². The lowest BCUT2D eigenvalue weighted by Gasteiger charge is -2.28. The third-order valence-electron chi connectivity index (χ3n) is 11.0. The van der Waals surface area contributed by atoms with E-state index in [0.717, 1.165) is 78.3 Å². The van der Waals surface area contributed by atoms with Gasteiger partial charge in [-0.15, -0.1) is 0 Å². The lowest BCUT2D eigenvalue weighted by Crippen LogP contribution is -2.25. The first-order chi connectivity index (χ1) is 25.7. The monoisotopic (exact) mass is 763 g/mol. The first-order valence-electron chi connectivity index (χ1n) is 20.5. The molecule has 4 aromatic rings. The molecule has 0 heterocycles. The van der Waals surface area contributed by atoms with Crippen LogP contribution in [0.3, 0.4) is 0 Å². The summed E-state index contributed by atoms with van der Waals surface area (Å²) in [4.78, 5) is 0. The summed E-state index contributed by atoms with van der Waals surface area (Å²) in [6.07, 6.45) is 1.81. The van der Waals surface area contributed by atoms with Crippen LogP contribution >= 0.6 is 0 Å². The van der Waals surface area contributed by atoms with E-state index in [1.807, 2.05) is 13.8 Å². The molecule has 4 aromatic carbocycles. The van der Waals surface area contributed by atoms with Crippen LogP contribution in [0.2, 0.25) is 0 Å². The average molecular weight is 763 g/mol. The molecule has 304 valence electrons. The predicted octanol–water partition coefficient (Wildman–Crippen LogP) is 10.4. The molecular formula is C50H70N2O4. The Labute approximate surface area is 338 Å². The molecule has 0 aromatic heterocycles. The van der Waals surface area contributed by atoms with Gasteiger partial charge < -0.3 is 31.2 Å². The van der Waals surface area contributed by atoms with Crippen molar-refractivity contribution in [3.8, 4) is 23.0 Å². The van der Waals surface area contributed by atoms with E-state index in [4.69, 9.17) is 20.9 Å². The van der Waals surface area contributed by atoms with Crippen LogP contribution in [0.25, 0.3) is 0 Å². The number of phenolic OH excluding ortho intramolecular Hbond substituents is 2. The molecule has 0 unspecified atom stereocenters. The predicted molar refractivity (Wildman–Crippen MR) is 233 cm³/mol. The van der Waals surface area contributed by atoms with Crippen molar-refractivity contribution in [1.29, 1.82) is 0 Å². The summed E-state index contributed by atoms with van der Waals surface area (Å²) >= 11 is 0. The summed E-state index contributed by atoms with van der Waals surface area (Å²) in [5, 5.41) is 24.8. The van der Waals surface area contributed by atoms with Gasteiger partial charge in [0.25, 0.3) is 0 Å². The average Bonchev–Trinajstić information content (AvgIpc) is 3.04. The van der Waals surface area contributed by atoms with Crippen molar-refractivity contribution < 1.29 is 19.7 Å². The van der Waals surface area contributed by atoms with Crippen LogP contribution in [-0.2, 0) is 47.3 Å². The summed E-state index contributed by atoms with van der Waals surface area (Å²) in [5.41, 5.74) is 23.9. The van der Waals surface area contributed by atoms with Crippen molar-refractivity contribution in [1.82, 2.24) is 0 Å². The third-order valence-corrected chi connectivity index (χ3v) is 11.0. The fourth-order valence-corrected chi connectivity index (χ4v) is 7.45. The van der Waals surface area contributed by atoms with Crippen molar-refractivity contribution in [2.45, 2.75) is 156 Å². The number of benzene rings is 4. The second kappa shape index (κ2) is 15.7. The van der Waals surface area contributed by atoms with E-state index >= 15 is 0 Å². The van der Waals surface area contributed by atoms with E-state index in [-0.39, 0.29) is 45.2 Å². The number of nitrogens with two attached hydrogens (primary N) is 2. The SMILES string of the molecule is C[C@H](N)COc1c2cc(C(C)(C)C)cc1Cc1cc(C(C)(C)C)cc(c1O)Cc1cc(C(C)(C)C)cc(c1OC[C@H](C)N)Cc1cc(C(C)(C)C)cc(c1O)C2. The van der Waals surface area contributed by atoms with Crippen LogP contribution < -0.4 is 20.9 Å². The zero-order chi connectivity index (χ0) is 41.7. The Morgan fingerprint density at radius 2 is 0.625 bits per heavy atom. The molecule has 0 amide bonds. The zero-order valence-electron chi connectivity index (χ0n) is 36.9. The number of hydrogen-bond donors (Lipinski definition) is 4. The van der Waals surface area contributed by atoms with Gasteiger partial charge >= 0.3 is 0 Å². The fraction of sp³-hybridized carbons (Fsp3) is 0.520. The van der Waals surface area contributed by atoms with Crippen molar-refractivity contribution in [2.75, 3.05) is 13.2 Å². The van der Waals surface area contributed by atoms with Crippen LogP contribution in [-0.4, -0.2) is 35.5 Å². The molecule has 0 saturated carbocycles. The van der Waals surface area contributed by atoms with Gasteiger partial charge in [-0.25, -0.2) is 0 Å². The van der Waals surface area contributed by atoms with Crippen molar-refractivity contribution >= 4 is 0 Å². The standard InChI is InChI=1S/C50H70N2O4/c1-29(51)27-55-45-35-15-31-19-39(47(3,4)5)21-33(43(31)53)17-37-25-42(50(12,13)14)26-38(46(37)56-28-30(2)52)18-34-22-40(48(6,7)8)20-32(44(34)54)16-36(45)24-41(23-35)49(9,10)11/h19-26,29-30,53-54H,15-18,27-28,51-52H2,1-14H3/t29-,30-/m0/s1. The first kappa shape index (κ1) is 43.1. The lowest BCUT2D eigenvalue weighted by atomic mass is 9.79. The molecule has 1 aliphatic carbocycles. The van der Waals surface area contributed by atoms with Crippen molar-refractivity contribution in [3.63, 3.8) is 0 Å². The topological polar surface area (TPSA) is 111 Å². The van der Waals surface area contributed by atoms with E-state index < -0.39 is 0 Å². The molecule has 0 aliphatic heterocycles. The zero-order valence-corrected chi connectivity index (χ0v) is 36.9. The minimum atomic E-state index is -0.185. The number of ether oxygens (including phenoxy) is 2. The van der Waals surface area contributed by atoms with Gasteiger partial charge in [0.05, 0.1) is 0 Å². The first-order valence-corrected chi connectivity index (χ1v) is 20.5. The maximum absolute atomic E-state index is 12.4. The van der Waals surface area contributed by atoms with Gasteiger partial charge in [0.2, 0.25) is 0 Å². The van der Waals surface area contributed by atoms with Gasteiger partial charge in [-0.05, 0) is 102 Å². The molecule has 6 N–H and O–H groups in total. The Morgan fingerprint density at radius 3 is 0.804 bits per heavy atom. The molecule has 0 spiro atoms. The third kappa shape index (κ3) is 9.92. The molecule has 8 bridgehead atoms. The van der Waals surface area contributed by atoms with E-state index in [0.29, 0.717) is 38.9 Å². The highest BCUT2D eigenvalue weighted by Gasteiger charge is 2.28. The summed E-state index contributed by atoms with van der Waals surface area (Å²) in [5.74, 6) is 2.09. The van der Waals surface area contributed by atoms with Crippen LogP contribution in [0.5, 0.6) is 23.0 Å². The van der Waals surface area contributed by atoms with Crippen LogP contribution in [0.4, 0.5) is 0 Å². The summed E-state index contributed by atoms with van der Waals surface area (Å²) in [6, 6.07) is 17.2. The summed E-state index contributed by atoms with van der Waals surface area (Å²) in [6.45, 7) is 31.2. The van der Waals surface area contributed by atoms with Crippen LogP contribution in [0.1, 0.15) is 164 Å². The normalized spacial score (nSPS) is 15.0. The smallest absolute Gasteiger partial charge is 0.126 e. The fourth-order valence-electron chi connectivity index (χ4n) is 7.45. The van der Waals surface area contributed by atoms with Crippen molar-refractivity contribution in [3.05, 3.63) is 115 Å². The number of phenols is 2. The highest BCUT2D eigenvalue weighted by atomic mass is 16.5.